The van der Waals surface area contributed by atoms with E-state index in [1.54, 1.807) is 0 Å². The van der Waals surface area contributed by atoms with Crippen molar-refractivity contribution in [1.82, 2.24) is 14.5 Å². The lowest BCUT2D eigenvalue weighted by atomic mass is 10.1. The lowest BCUT2D eigenvalue weighted by molar-refractivity contribution is -0.121. The maximum absolute atomic E-state index is 12.1. The molecule has 0 aliphatic rings. The molecule has 2 aromatic rings. The van der Waals surface area contributed by atoms with Gasteiger partial charge in [-0.15, -0.1) is 0 Å². The number of para-hydroxylation sites is 1. The van der Waals surface area contributed by atoms with E-state index in [1.165, 1.54) is 23.9 Å². The Kier molecular flexibility index (Phi) is 6.77. The van der Waals surface area contributed by atoms with Gasteiger partial charge in [0.25, 0.3) is 5.56 Å². The average Bonchev–Trinajstić information content (AvgIpc) is 2.61. The molecule has 0 fully saturated rings. The van der Waals surface area contributed by atoms with Gasteiger partial charge in [-0.25, -0.2) is 4.79 Å². The second-order valence-electron chi connectivity index (χ2n) is 6.54. The lowest BCUT2D eigenvalue weighted by Gasteiger charge is -2.13. The van der Waals surface area contributed by atoms with Gasteiger partial charge in [-0.2, -0.15) is 0 Å². The number of rotatable bonds is 8. The molecule has 0 spiro atoms. The number of benzene rings is 1. The minimum atomic E-state index is -0.523. The Bertz CT molecular complexity index is 868. The molecule has 0 bridgehead atoms. The quantitative estimate of drug-likeness (QED) is 0.770. The summed E-state index contributed by atoms with van der Waals surface area (Å²) in [6.07, 6.45) is 2.28. The average molecular weight is 359 g/mol. The van der Waals surface area contributed by atoms with Crippen molar-refractivity contribution in [3.63, 3.8) is 0 Å². The molecule has 7 nitrogen and oxygen atoms in total. The van der Waals surface area contributed by atoms with Gasteiger partial charge in [0, 0.05) is 31.4 Å². The van der Waals surface area contributed by atoms with Crippen LogP contribution in [0.25, 0.3) is 0 Å². The number of carbonyl (C=O) groups excluding carboxylic acids is 1. The molecule has 7 heteroatoms. The number of hydrogen-bond donors (Lipinski definition) is 1. The number of hydrogen-bond acceptors (Lipinski definition) is 4. The van der Waals surface area contributed by atoms with Crippen LogP contribution in [0.4, 0.5) is 0 Å². The Morgan fingerprint density at radius 2 is 1.92 bits per heavy atom. The van der Waals surface area contributed by atoms with Crippen LogP contribution in [0.2, 0.25) is 0 Å². The van der Waals surface area contributed by atoms with Crippen molar-refractivity contribution in [3.8, 4) is 5.75 Å². The highest BCUT2D eigenvalue weighted by atomic mass is 16.5. The maximum Gasteiger partial charge on any atom is 0.331 e. The van der Waals surface area contributed by atoms with Crippen LogP contribution in [0, 0.1) is 5.92 Å². The SMILES string of the molecule is CC(C)CCOc1ccccc1CNC(=O)Cn1ccc(=O)n(C)c1=O. The molecule has 2 rings (SSSR count). The number of nitrogens with zero attached hydrogens (tertiary/aromatic N) is 2. The highest BCUT2D eigenvalue weighted by Gasteiger charge is 2.09. The van der Waals surface area contributed by atoms with Crippen molar-refractivity contribution in [1.29, 1.82) is 0 Å². The number of amides is 1. The van der Waals surface area contributed by atoms with E-state index < -0.39 is 11.2 Å². The maximum atomic E-state index is 12.1. The summed E-state index contributed by atoms with van der Waals surface area (Å²) in [6.45, 7) is 5.05. The first-order valence-corrected chi connectivity index (χ1v) is 8.62. The molecule has 0 unspecified atom stereocenters. The first kappa shape index (κ1) is 19.5. The minimum absolute atomic E-state index is 0.149. The van der Waals surface area contributed by atoms with E-state index in [1.807, 2.05) is 24.3 Å². The summed E-state index contributed by atoms with van der Waals surface area (Å²) in [5.41, 5.74) is -0.0541. The molecule has 0 aliphatic carbocycles. The molecule has 1 heterocycles. The Hall–Kier alpha value is -2.83. The number of ether oxygens (including phenoxy) is 1. The molecule has 0 saturated carbocycles. The molecular formula is C19H25N3O4. The Morgan fingerprint density at radius 1 is 1.19 bits per heavy atom. The molecule has 0 radical (unpaired) electrons. The minimum Gasteiger partial charge on any atom is -0.493 e. The molecule has 0 aliphatic heterocycles. The van der Waals surface area contributed by atoms with Gasteiger partial charge in [0.1, 0.15) is 12.3 Å². The van der Waals surface area contributed by atoms with E-state index in [0.29, 0.717) is 19.1 Å². The highest BCUT2D eigenvalue weighted by molar-refractivity contribution is 5.75. The van der Waals surface area contributed by atoms with E-state index in [0.717, 1.165) is 22.3 Å². The highest BCUT2D eigenvalue weighted by Crippen LogP contribution is 2.18. The van der Waals surface area contributed by atoms with Gasteiger partial charge in [-0.05, 0) is 18.4 Å². The first-order valence-electron chi connectivity index (χ1n) is 8.62. The van der Waals surface area contributed by atoms with Crippen molar-refractivity contribution >= 4 is 5.91 Å². The van der Waals surface area contributed by atoms with E-state index in [2.05, 4.69) is 19.2 Å². The second kappa shape index (κ2) is 9.03. The summed E-state index contributed by atoms with van der Waals surface area (Å²) < 4.78 is 7.96. The van der Waals surface area contributed by atoms with E-state index in [9.17, 15) is 14.4 Å². The van der Waals surface area contributed by atoms with E-state index >= 15 is 0 Å². The Labute approximate surface area is 152 Å². The zero-order valence-corrected chi connectivity index (χ0v) is 15.4. The standard InChI is InChI=1S/C19H25N3O4/c1-14(2)9-11-26-16-7-5-4-6-15(16)12-20-17(23)13-22-10-8-18(24)21(3)19(22)25/h4-8,10,14H,9,11-13H2,1-3H3,(H,20,23). The molecule has 26 heavy (non-hydrogen) atoms. The summed E-state index contributed by atoms with van der Waals surface area (Å²) in [4.78, 5) is 35.5. The molecule has 1 amide bonds. The molecule has 1 aromatic heterocycles. The fourth-order valence-corrected chi connectivity index (χ4v) is 2.34. The first-order chi connectivity index (χ1) is 12.4. The summed E-state index contributed by atoms with van der Waals surface area (Å²) in [5, 5.41) is 2.78. The number of nitrogens with one attached hydrogen (secondary N) is 1. The van der Waals surface area contributed by atoms with Gasteiger partial charge in [0.2, 0.25) is 5.91 Å². The Morgan fingerprint density at radius 3 is 2.65 bits per heavy atom. The van der Waals surface area contributed by atoms with Gasteiger partial charge in [0.05, 0.1) is 6.61 Å². The number of aromatic nitrogens is 2. The third-order valence-corrected chi connectivity index (χ3v) is 3.98. The Balaban J connectivity index is 1.96. The van der Waals surface area contributed by atoms with Crippen LogP contribution >= 0.6 is 0 Å². The largest absolute Gasteiger partial charge is 0.493 e. The van der Waals surface area contributed by atoms with Gasteiger partial charge in [-0.3, -0.25) is 18.7 Å². The predicted octanol–water partition coefficient (Wildman–Crippen LogP) is 1.29. The fourth-order valence-electron chi connectivity index (χ4n) is 2.34. The van der Waals surface area contributed by atoms with Crippen LogP contribution in [0.3, 0.4) is 0 Å². The van der Waals surface area contributed by atoms with Gasteiger partial charge >= 0.3 is 5.69 Å². The van der Waals surface area contributed by atoms with Crippen molar-refractivity contribution < 1.29 is 9.53 Å². The normalized spacial score (nSPS) is 10.8. The summed E-state index contributed by atoms with van der Waals surface area (Å²) in [5.74, 6) is 0.984. The van der Waals surface area contributed by atoms with Crippen molar-refractivity contribution in [2.45, 2.75) is 33.4 Å². The summed E-state index contributed by atoms with van der Waals surface area (Å²) in [7, 11) is 1.38. The molecule has 1 N–H and O–H groups in total. The van der Waals surface area contributed by atoms with Crippen LogP contribution in [-0.2, 0) is 24.9 Å². The second-order valence-corrected chi connectivity index (χ2v) is 6.54. The molecule has 0 atom stereocenters. The topological polar surface area (TPSA) is 82.3 Å². The number of carbonyl (C=O) groups is 1. The van der Waals surface area contributed by atoms with Crippen LogP contribution in [0.15, 0.2) is 46.1 Å². The third-order valence-electron chi connectivity index (χ3n) is 3.98. The lowest BCUT2D eigenvalue weighted by Crippen LogP contribution is -2.40. The van der Waals surface area contributed by atoms with Gasteiger partial charge in [-0.1, -0.05) is 32.0 Å². The molecule has 140 valence electrons. The zero-order chi connectivity index (χ0) is 19.1. The van der Waals surface area contributed by atoms with Crippen LogP contribution < -0.4 is 21.3 Å². The molecule has 1 aromatic carbocycles. The third kappa shape index (κ3) is 5.34. The van der Waals surface area contributed by atoms with E-state index in [-0.39, 0.29) is 12.5 Å². The van der Waals surface area contributed by atoms with Crippen molar-refractivity contribution in [2.75, 3.05) is 6.61 Å². The van der Waals surface area contributed by atoms with Crippen LogP contribution in [0.1, 0.15) is 25.8 Å². The summed E-state index contributed by atoms with van der Waals surface area (Å²) >= 11 is 0. The van der Waals surface area contributed by atoms with Gasteiger partial charge < -0.3 is 10.1 Å². The van der Waals surface area contributed by atoms with Crippen LogP contribution in [0.5, 0.6) is 5.75 Å². The van der Waals surface area contributed by atoms with E-state index in [4.69, 9.17) is 4.74 Å². The van der Waals surface area contributed by atoms with Gasteiger partial charge in [0.15, 0.2) is 0 Å². The zero-order valence-electron chi connectivity index (χ0n) is 15.4. The van der Waals surface area contributed by atoms with Crippen molar-refractivity contribution in [3.05, 3.63) is 62.9 Å². The van der Waals surface area contributed by atoms with Crippen molar-refractivity contribution in [2.24, 2.45) is 13.0 Å². The predicted molar refractivity (Wildman–Crippen MR) is 99.2 cm³/mol. The smallest absolute Gasteiger partial charge is 0.331 e. The summed E-state index contributed by atoms with van der Waals surface area (Å²) in [6, 6.07) is 8.80. The monoisotopic (exact) mass is 359 g/mol. The molecular weight excluding hydrogens is 334 g/mol. The van der Waals surface area contributed by atoms with Crippen LogP contribution in [-0.4, -0.2) is 21.6 Å². The fraction of sp³-hybridized carbons (Fsp3) is 0.421. The molecule has 0 saturated heterocycles.